The number of fused-ring (bicyclic) bond motifs is 1. The molecule has 0 aromatic heterocycles. The minimum atomic E-state index is -0.0113. The standard InChI is InChI=1S/C16H14O2/c1-9-3-5-11-13(7-9)16(18)14-8-10(2)4-6-12(14)15(11)17/h3-7,10H,8H2,1-2H3/t10-/m1/s1. The molecule has 0 N–H and O–H groups in total. The van der Waals surface area contributed by atoms with Gasteiger partial charge in [-0.25, -0.2) is 0 Å². The van der Waals surface area contributed by atoms with Gasteiger partial charge in [0.2, 0.25) is 0 Å². The third-order valence-corrected chi connectivity index (χ3v) is 3.63. The van der Waals surface area contributed by atoms with Gasteiger partial charge in [-0.05, 0) is 25.3 Å². The van der Waals surface area contributed by atoms with Gasteiger partial charge in [0, 0.05) is 22.3 Å². The van der Waals surface area contributed by atoms with Gasteiger partial charge >= 0.3 is 0 Å². The van der Waals surface area contributed by atoms with E-state index in [-0.39, 0.29) is 11.6 Å². The molecule has 0 unspecified atom stereocenters. The summed E-state index contributed by atoms with van der Waals surface area (Å²) in [6, 6.07) is 5.47. The van der Waals surface area contributed by atoms with Crippen molar-refractivity contribution < 1.29 is 9.59 Å². The first-order chi connectivity index (χ1) is 8.58. The molecule has 3 rings (SSSR count). The van der Waals surface area contributed by atoms with Gasteiger partial charge in [-0.2, -0.15) is 0 Å². The van der Waals surface area contributed by atoms with Crippen molar-refractivity contribution in [2.24, 2.45) is 5.92 Å². The summed E-state index contributed by atoms with van der Waals surface area (Å²) in [5.41, 5.74) is 3.41. The van der Waals surface area contributed by atoms with E-state index in [0.29, 0.717) is 34.6 Å². The number of aryl methyl sites for hydroxylation is 1. The number of benzene rings is 1. The molecule has 0 saturated heterocycles. The summed E-state index contributed by atoms with van der Waals surface area (Å²) < 4.78 is 0. The van der Waals surface area contributed by atoms with Gasteiger partial charge in [0.25, 0.3) is 0 Å². The summed E-state index contributed by atoms with van der Waals surface area (Å²) in [6.45, 7) is 4.00. The predicted molar refractivity (Wildman–Crippen MR) is 69.8 cm³/mol. The molecule has 0 bridgehead atoms. The maximum atomic E-state index is 12.5. The Morgan fingerprint density at radius 3 is 2.67 bits per heavy atom. The molecule has 2 heteroatoms. The van der Waals surface area contributed by atoms with Crippen LogP contribution in [0.5, 0.6) is 0 Å². The van der Waals surface area contributed by atoms with E-state index in [9.17, 15) is 9.59 Å². The molecule has 90 valence electrons. The van der Waals surface area contributed by atoms with Crippen LogP contribution in [0.4, 0.5) is 0 Å². The molecule has 2 aliphatic rings. The SMILES string of the molecule is Cc1ccc2c(c1)C(=O)C1=C(C=C[C@@H](C)C1)C2=O. The van der Waals surface area contributed by atoms with Gasteiger partial charge < -0.3 is 0 Å². The van der Waals surface area contributed by atoms with E-state index in [1.54, 1.807) is 6.07 Å². The minimum Gasteiger partial charge on any atom is -0.289 e. The fourth-order valence-corrected chi connectivity index (χ4v) is 2.64. The molecule has 1 aromatic rings. The van der Waals surface area contributed by atoms with Crippen LogP contribution in [0.15, 0.2) is 41.5 Å². The molecule has 0 aliphatic heterocycles. The second-order valence-corrected chi connectivity index (χ2v) is 5.14. The highest BCUT2D eigenvalue weighted by atomic mass is 16.1. The van der Waals surface area contributed by atoms with Crippen LogP contribution in [0.1, 0.15) is 39.6 Å². The Morgan fingerprint density at radius 2 is 1.89 bits per heavy atom. The van der Waals surface area contributed by atoms with Crippen LogP contribution in [-0.4, -0.2) is 11.6 Å². The maximum absolute atomic E-state index is 12.5. The molecule has 0 heterocycles. The Bertz CT molecular complexity index is 632. The fourth-order valence-electron chi connectivity index (χ4n) is 2.64. The third-order valence-electron chi connectivity index (χ3n) is 3.63. The molecule has 0 fully saturated rings. The lowest BCUT2D eigenvalue weighted by Crippen LogP contribution is -2.24. The number of hydrogen-bond donors (Lipinski definition) is 0. The largest absolute Gasteiger partial charge is 0.289 e. The van der Waals surface area contributed by atoms with Crippen molar-refractivity contribution >= 4 is 11.6 Å². The molecule has 1 aromatic carbocycles. The van der Waals surface area contributed by atoms with Crippen molar-refractivity contribution in [2.45, 2.75) is 20.3 Å². The Hall–Kier alpha value is -1.96. The van der Waals surface area contributed by atoms with Crippen LogP contribution in [0.2, 0.25) is 0 Å². The van der Waals surface area contributed by atoms with Gasteiger partial charge in [0.1, 0.15) is 0 Å². The highest BCUT2D eigenvalue weighted by Crippen LogP contribution is 2.34. The lowest BCUT2D eigenvalue weighted by Gasteiger charge is -2.24. The number of carbonyl (C=O) groups is 2. The Morgan fingerprint density at radius 1 is 1.11 bits per heavy atom. The van der Waals surface area contributed by atoms with Crippen molar-refractivity contribution in [1.29, 1.82) is 0 Å². The van der Waals surface area contributed by atoms with Gasteiger partial charge in [0.05, 0.1) is 0 Å². The van der Waals surface area contributed by atoms with E-state index in [4.69, 9.17) is 0 Å². The number of Topliss-reactive ketones (excluding diaryl/α,β-unsaturated/α-hetero) is 2. The Kier molecular flexibility index (Phi) is 2.34. The number of allylic oxidation sites excluding steroid dienone is 4. The van der Waals surface area contributed by atoms with Crippen molar-refractivity contribution in [3.8, 4) is 0 Å². The summed E-state index contributed by atoms with van der Waals surface area (Å²) in [5.74, 6) is 0.342. The van der Waals surface area contributed by atoms with E-state index >= 15 is 0 Å². The number of ketones is 2. The predicted octanol–water partition coefficient (Wildman–Crippen LogP) is 3.27. The number of hydrogen-bond acceptors (Lipinski definition) is 2. The summed E-state index contributed by atoms with van der Waals surface area (Å²) >= 11 is 0. The summed E-state index contributed by atoms with van der Waals surface area (Å²) in [7, 11) is 0. The first-order valence-corrected chi connectivity index (χ1v) is 6.19. The molecule has 0 spiro atoms. The second-order valence-electron chi connectivity index (χ2n) is 5.14. The zero-order valence-electron chi connectivity index (χ0n) is 10.5. The van der Waals surface area contributed by atoms with Gasteiger partial charge in [0.15, 0.2) is 11.6 Å². The minimum absolute atomic E-state index is 0.0113. The number of carbonyl (C=O) groups excluding carboxylic acids is 2. The smallest absolute Gasteiger partial charge is 0.194 e. The van der Waals surface area contributed by atoms with Crippen LogP contribution in [0, 0.1) is 12.8 Å². The van der Waals surface area contributed by atoms with Gasteiger partial charge in [-0.15, -0.1) is 0 Å². The van der Waals surface area contributed by atoms with Crippen LogP contribution in [0.3, 0.4) is 0 Å². The molecule has 0 saturated carbocycles. The number of rotatable bonds is 0. The molecule has 18 heavy (non-hydrogen) atoms. The first-order valence-electron chi connectivity index (χ1n) is 6.19. The second kappa shape index (κ2) is 3.77. The van der Waals surface area contributed by atoms with Crippen LogP contribution < -0.4 is 0 Å². The maximum Gasteiger partial charge on any atom is 0.194 e. The zero-order valence-corrected chi connectivity index (χ0v) is 10.5. The molecule has 1 atom stereocenters. The molecule has 0 amide bonds. The van der Waals surface area contributed by atoms with E-state index in [1.807, 2.05) is 31.2 Å². The van der Waals surface area contributed by atoms with E-state index in [1.165, 1.54) is 0 Å². The van der Waals surface area contributed by atoms with E-state index in [2.05, 4.69) is 6.92 Å². The van der Waals surface area contributed by atoms with Crippen molar-refractivity contribution in [3.63, 3.8) is 0 Å². The van der Waals surface area contributed by atoms with E-state index < -0.39 is 0 Å². The Balaban J connectivity index is 2.21. The average Bonchev–Trinajstić information content (AvgIpc) is 2.35. The monoisotopic (exact) mass is 238 g/mol. The van der Waals surface area contributed by atoms with Crippen LogP contribution >= 0.6 is 0 Å². The normalized spacial score (nSPS) is 22.0. The fraction of sp³-hybridized carbons (Fsp3) is 0.250. The lowest BCUT2D eigenvalue weighted by molar-refractivity contribution is 0.0972. The zero-order chi connectivity index (χ0) is 12.9. The summed E-state index contributed by atoms with van der Waals surface area (Å²) in [5, 5.41) is 0. The highest BCUT2D eigenvalue weighted by molar-refractivity contribution is 6.28. The van der Waals surface area contributed by atoms with Gasteiger partial charge in [-0.3, -0.25) is 9.59 Å². The topological polar surface area (TPSA) is 34.1 Å². The van der Waals surface area contributed by atoms with Gasteiger partial charge in [-0.1, -0.05) is 36.8 Å². The van der Waals surface area contributed by atoms with Crippen LogP contribution in [-0.2, 0) is 0 Å². The van der Waals surface area contributed by atoms with E-state index in [0.717, 1.165) is 5.56 Å². The summed E-state index contributed by atoms with van der Waals surface area (Å²) in [4.78, 5) is 24.8. The first kappa shape index (κ1) is 11.1. The van der Waals surface area contributed by atoms with Crippen molar-refractivity contribution in [1.82, 2.24) is 0 Å². The third kappa shape index (κ3) is 1.49. The lowest BCUT2D eigenvalue weighted by atomic mass is 9.77. The Labute approximate surface area is 106 Å². The van der Waals surface area contributed by atoms with Crippen LogP contribution in [0.25, 0.3) is 0 Å². The average molecular weight is 238 g/mol. The molecular formula is C16H14O2. The molecule has 2 nitrogen and oxygen atoms in total. The van der Waals surface area contributed by atoms with Crippen molar-refractivity contribution in [3.05, 3.63) is 58.2 Å². The summed E-state index contributed by atoms with van der Waals surface area (Å²) in [6.07, 6.45) is 4.49. The molecule has 0 radical (unpaired) electrons. The van der Waals surface area contributed by atoms with Crippen molar-refractivity contribution in [2.75, 3.05) is 0 Å². The molecular weight excluding hydrogens is 224 g/mol. The quantitative estimate of drug-likeness (QED) is 0.695. The molecule has 2 aliphatic carbocycles. The highest BCUT2D eigenvalue weighted by Gasteiger charge is 2.32.